The molecule has 0 bridgehead atoms. The van der Waals surface area contributed by atoms with E-state index in [4.69, 9.17) is 0 Å². The number of hydrogen-bond acceptors (Lipinski definition) is 7. The van der Waals surface area contributed by atoms with Gasteiger partial charge in [0.05, 0.1) is 22.1 Å². The summed E-state index contributed by atoms with van der Waals surface area (Å²) in [5.74, 6) is -1.92. The lowest BCUT2D eigenvalue weighted by Gasteiger charge is -2.41. The molecule has 0 aromatic heterocycles. The fourth-order valence-electron chi connectivity index (χ4n) is 8.13. The summed E-state index contributed by atoms with van der Waals surface area (Å²) in [5, 5.41) is 11.6. The molecule has 4 aliphatic carbocycles. The first kappa shape index (κ1) is 41.1. The minimum atomic E-state index is -3.56. The van der Waals surface area contributed by atoms with Crippen LogP contribution in [0.2, 0.25) is 0 Å². The lowest BCUT2D eigenvalue weighted by Crippen LogP contribution is -2.64. The summed E-state index contributed by atoms with van der Waals surface area (Å²) in [5.41, 5.74) is -1.89. The number of nitrogens with one attached hydrogen (secondary N) is 4. The molecule has 0 spiro atoms. The van der Waals surface area contributed by atoms with Crippen molar-refractivity contribution in [3.05, 3.63) is 0 Å². The number of Topliss-reactive ketones (excluding diaryl/α,β-unsaturated/α-hetero) is 1. The van der Waals surface area contributed by atoms with E-state index < -0.39 is 73.2 Å². The molecule has 0 aromatic rings. The van der Waals surface area contributed by atoms with Crippen LogP contribution in [0.3, 0.4) is 0 Å². The zero-order valence-corrected chi connectivity index (χ0v) is 32.3. The summed E-state index contributed by atoms with van der Waals surface area (Å²) in [7, 11) is -3.56. The van der Waals surface area contributed by atoms with Crippen LogP contribution in [0.5, 0.6) is 0 Å². The molecule has 5 aliphatic rings. The highest BCUT2D eigenvalue weighted by Crippen LogP contribution is 2.65. The minimum Gasteiger partial charge on any atom is -0.347 e. The third-order valence-corrected chi connectivity index (χ3v) is 14.9. The van der Waals surface area contributed by atoms with Crippen LogP contribution in [0.25, 0.3) is 0 Å². The van der Waals surface area contributed by atoms with Gasteiger partial charge >= 0.3 is 6.03 Å². The summed E-state index contributed by atoms with van der Waals surface area (Å²) in [6.07, 6.45) is 8.52. The SMILES string of the molecule is C.CC(C)(C)[C@H](NC(=O)NC1(CS(=O)(=O)C(C)(C)C)CCCCC1)C(=O)N1C[C@H]2[C@@H]([C@H]1C(=O)N[C@H](CCC1CC1)C(=O)C(=O)NC1CC1)C2(C)C. The van der Waals surface area contributed by atoms with E-state index in [1.54, 1.807) is 25.7 Å². The standard InChI is InChI=1S/C37H61N5O7S.CH4/c1-34(2,3)29(40-33(47)41-37(18-10-9-11-19-37)21-50(48,49)35(4,5)6)32(46)42-20-24-26(36(24,7)8)27(42)30(44)39-25(17-14-22-12-13-22)28(43)31(45)38-23-15-16-23;/h22-27,29H,9-21H2,1-8H3,(H,38,45)(H,39,44)(H2,40,41,47);1H4/t24-,25+,26-,27-,29+;/m0./s1. The molecule has 1 aliphatic heterocycles. The average Bonchev–Trinajstić information content (AvgIpc) is 3.95. The number of carbonyl (C=O) groups is 5. The predicted molar refractivity (Wildman–Crippen MR) is 197 cm³/mol. The number of fused-ring (bicyclic) bond motifs is 1. The molecular formula is C38H65N5O7S. The van der Waals surface area contributed by atoms with Crippen LogP contribution < -0.4 is 21.3 Å². The molecule has 5 atom stereocenters. The van der Waals surface area contributed by atoms with Gasteiger partial charge in [-0.3, -0.25) is 19.2 Å². The number of sulfone groups is 1. The number of nitrogens with zero attached hydrogens (tertiary/aromatic N) is 1. The van der Waals surface area contributed by atoms with Gasteiger partial charge in [0.15, 0.2) is 9.84 Å². The van der Waals surface area contributed by atoms with E-state index in [1.807, 2.05) is 20.8 Å². The second-order valence-corrected chi connectivity index (χ2v) is 21.4. The number of ketones is 1. The molecule has 5 fully saturated rings. The van der Waals surface area contributed by atoms with Gasteiger partial charge in [0.2, 0.25) is 17.6 Å². The number of piperidine rings is 1. The van der Waals surface area contributed by atoms with Crippen molar-refractivity contribution in [2.45, 2.75) is 168 Å². The summed E-state index contributed by atoms with van der Waals surface area (Å²) < 4.78 is 25.7. The zero-order chi connectivity index (χ0) is 37.0. The summed E-state index contributed by atoms with van der Waals surface area (Å²) in [6.45, 7) is 15.0. The van der Waals surface area contributed by atoms with Gasteiger partial charge in [0.1, 0.15) is 12.1 Å². The Kier molecular flexibility index (Phi) is 11.8. The van der Waals surface area contributed by atoms with Gasteiger partial charge in [-0.1, -0.05) is 74.1 Å². The van der Waals surface area contributed by atoms with Crippen molar-refractivity contribution < 1.29 is 32.4 Å². The number of rotatable bonds is 13. The van der Waals surface area contributed by atoms with E-state index in [1.165, 1.54) is 0 Å². The summed E-state index contributed by atoms with van der Waals surface area (Å²) >= 11 is 0. The van der Waals surface area contributed by atoms with E-state index in [9.17, 15) is 32.4 Å². The van der Waals surface area contributed by atoms with Crippen molar-refractivity contribution in [3.8, 4) is 0 Å². The van der Waals surface area contributed by atoms with Gasteiger partial charge in [-0.2, -0.15) is 0 Å². The van der Waals surface area contributed by atoms with Crippen molar-refractivity contribution in [3.63, 3.8) is 0 Å². The van der Waals surface area contributed by atoms with Crippen LogP contribution in [-0.4, -0.2) is 89.6 Å². The fraction of sp³-hybridized carbons (Fsp3) is 0.868. The second kappa shape index (κ2) is 14.6. The Labute approximate surface area is 306 Å². The third kappa shape index (κ3) is 9.27. The van der Waals surface area contributed by atoms with Gasteiger partial charge in [-0.25, -0.2) is 13.2 Å². The molecule has 4 saturated carbocycles. The van der Waals surface area contributed by atoms with Crippen molar-refractivity contribution in [2.24, 2.45) is 28.6 Å². The fourth-order valence-corrected chi connectivity index (χ4v) is 9.65. The quantitative estimate of drug-likeness (QED) is 0.205. The highest BCUT2D eigenvalue weighted by Gasteiger charge is 2.70. The molecule has 51 heavy (non-hydrogen) atoms. The first-order chi connectivity index (χ1) is 23.1. The summed E-state index contributed by atoms with van der Waals surface area (Å²) in [6, 6.07) is -3.45. The summed E-state index contributed by atoms with van der Waals surface area (Å²) in [4.78, 5) is 70.1. The molecule has 5 rings (SSSR count). The molecule has 5 amide bonds. The van der Waals surface area contributed by atoms with Gasteiger partial charge in [-0.05, 0) is 87.9 Å². The molecule has 1 saturated heterocycles. The van der Waals surface area contributed by atoms with Crippen LogP contribution in [0, 0.1) is 28.6 Å². The van der Waals surface area contributed by atoms with Crippen LogP contribution in [0.1, 0.15) is 133 Å². The van der Waals surface area contributed by atoms with Crippen molar-refractivity contribution in [1.82, 2.24) is 26.2 Å². The molecule has 0 unspecified atom stereocenters. The van der Waals surface area contributed by atoms with Crippen LogP contribution in [-0.2, 0) is 29.0 Å². The third-order valence-electron chi connectivity index (χ3n) is 12.1. The number of urea groups is 1. The lowest BCUT2D eigenvalue weighted by molar-refractivity contribution is -0.145. The predicted octanol–water partition coefficient (Wildman–Crippen LogP) is 4.26. The molecule has 13 heteroatoms. The number of amides is 5. The monoisotopic (exact) mass is 735 g/mol. The van der Waals surface area contributed by atoms with Gasteiger partial charge < -0.3 is 26.2 Å². The average molecular weight is 736 g/mol. The van der Waals surface area contributed by atoms with Crippen molar-refractivity contribution >= 4 is 39.4 Å². The number of carbonyl (C=O) groups excluding carboxylic acids is 5. The van der Waals surface area contributed by atoms with E-state index in [-0.39, 0.29) is 36.5 Å². The maximum atomic E-state index is 14.5. The molecule has 1 heterocycles. The van der Waals surface area contributed by atoms with Gasteiger partial charge in [-0.15, -0.1) is 0 Å². The zero-order valence-electron chi connectivity index (χ0n) is 31.4. The normalized spacial score (nSPS) is 26.4. The molecule has 0 aromatic carbocycles. The maximum Gasteiger partial charge on any atom is 0.315 e. The Balaban J connectivity index is 0.00000583. The van der Waals surface area contributed by atoms with Crippen molar-refractivity contribution in [1.29, 1.82) is 0 Å². The van der Waals surface area contributed by atoms with E-state index >= 15 is 0 Å². The minimum absolute atomic E-state index is 0. The first-order valence-electron chi connectivity index (χ1n) is 18.8. The molecule has 12 nitrogen and oxygen atoms in total. The van der Waals surface area contributed by atoms with Crippen molar-refractivity contribution in [2.75, 3.05) is 12.3 Å². The molecule has 4 N–H and O–H groups in total. The number of likely N-dealkylation sites (tertiary alicyclic amines) is 1. The highest BCUT2D eigenvalue weighted by molar-refractivity contribution is 7.92. The topological polar surface area (TPSA) is 171 Å². The van der Waals surface area contributed by atoms with Gasteiger partial charge in [0, 0.05) is 12.6 Å². The maximum absolute atomic E-state index is 14.5. The van der Waals surface area contributed by atoms with Gasteiger partial charge in [0.25, 0.3) is 5.91 Å². The Morgan fingerprint density at radius 1 is 0.882 bits per heavy atom. The van der Waals surface area contributed by atoms with Crippen LogP contribution in [0.15, 0.2) is 0 Å². The van der Waals surface area contributed by atoms with E-state index in [0.29, 0.717) is 31.7 Å². The first-order valence-corrected chi connectivity index (χ1v) is 20.5. The second-order valence-electron chi connectivity index (χ2n) is 18.7. The smallest absolute Gasteiger partial charge is 0.315 e. The molecular weight excluding hydrogens is 671 g/mol. The van der Waals surface area contributed by atoms with Crippen LogP contribution in [0.4, 0.5) is 4.79 Å². The molecule has 0 radical (unpaired) electrons. The van der Waals surface area contributed by atoms with E-state index in [2.05, 4.69) is 35.1 Å². The Hall–Kier alpha value is -2.70. The lowest BCUT2D eigenvalue weighted by atomic mass is 9.83. The highest BCUT2D eigenvalue weighted by atomic mass is 32.2. The number of hydrogen-bond donors (Lipinski definition) is 4. The Bertz CT molecular complexity index is 1470. The Morgan fingerprint density at radius 2 is 1.49 bits per heavy atom. The Morgan fingerprint density at radius 3 is 2.02 bits per heavy atom. The molecule has 290 valence electrons. The van der Waals surface area contributed by atoms with Crippen LogP contribution >= 0.6 is 0 Å². The van der Waals surface area contributed by atoms with E-state index in [0.717, 1.165) is 51.4 Å². The largest absolute Gasteiger partial charge is 0.347 e.